The van der Waals surface area contributed by atoms with Gasteiger partial charge in [-0.1, -0.05) is 48.5 Å². The predicted molar refractivity (Wildman–Crippen MR) is 137 cm³/mol. The third-order valence-electron chi connectivity index (χ3n) is 6.26. The normalized spacial score (nSPS) is 13.9. The Morgan fingerprint density at radius 1 is 0.861 bits per heavy atom. The number of hydrogen-bond donors (Lipinski definition) is 1. The Bertz CT molecular complexity index is 1300. The minimum absolute atomic E-state index is 0.0124. The minimum Gasteiger partial charge on any atom is -0.351 e. The van der Waals surface area contributed by atoms with Crippen LogP contribution < -0.4 is 5.32 Å². The molecule has 0 atom stereocenters. The SMILES string of the molecule is O=C(CN1CCN(C(=O)c2cn(-c3ccccc3)nc2-c2cccnc2)CC1)NCc1ccccc1. The average molecular weight is 481 g/mol. The van der Waals surface area contributed by atoms with Crippen molar-refractivity contribution in [3.8, 4) is 16.9 Å². The number of pyridine rings is 1. The lowest BCUT2D eigenvalue weighted by atomic mass is 10.1. The molecule has 0 spiro atoms. The second kappa shape index (κ2) is 11.0. The second-order valence-electron chi connectivity index (χ2n) is 8.74. The highest BCUT2D eigenvalue weighted by Crippen LogP contribution is 2.25. The molecule has 1 aliphatic heterocycles. The maximum Gasteiger partial charge on any atom is 0.257 e. The summed E-state index contributed by atoms with van der Waals surface area (Å²) in [6.07, 6.45) is 5.22. The number of para-hydroxylation sites is 1. The van der Waals surface area contributed by atoms with Gasteiger partial charge in [0.25, 0.3) is 5.91 Å². The van der Waals surface area contributed by atoms with Crippen molar-refractivity contribution < 1.29 is 9.59 Å². The van der Waals surface area contributed by atoms with Crippen molar-refractivity contribution in [2.75, 3.05) is 32.7 Å². The summed E-state index contributed by atoms with van der Waals surface area (Å²) >= 11 is 0. The first kappa shape index (κ1) is 23.4. The number of carbonyl (C=O) groups excluding carboxylic acids is 2. The average Bonchev–Trinajstić information content (AvgIpc) is 3.39. The standard InChI is InChI=1S/C28H28N6O2/c35-26(30-18-22-8-3-1-4-9-22)21-32-14-16-33(17-15-32)28(36)25-20-34(24-11-5-2-6-12-24)31-27(25)23-10-7-13-29-19-23/h1-13,19-20H,14-18,21H2,(H,30,35). The molecular weight excluding hydrogens is 452 g/mol. The van der Waals surface area contributed by atoms with Crippen LogP contribution in [0.2, 0.25) is 0 Å². The van der Waals surface area contributed by atoms with Crippen LogP contribution in [0.25, 0.3) is 16.9 Å². The number of piperazine rings is 1. The molecule has 0 saturated carbocycles. The fourth-order valence-corrected chi connectivity index (χ4v) is 4.29. The van der Waals surface area contributed by atoms with Crippen LogP contribution >= 0.6 is 0 Å². The molecule has 2 aromatic carbocycles. The highest BCUT2D eigenvalue weighted by Gasteiger charge is 2.27. The first-order chi connectivity index (χ1) is 17.7. The molecule has 3 heterocycles. The smallest absolute Gasteiger partial charge is 0.257 e. The minimum atomic E-state index is -0.0655. The third-order valence-corrected chi connectivity index (χ3v) is 6.26. The van der Waals surface area contributed by atoms with Crippen LogP contribution in [0.4, 0.5) is 0 Å². The summed E-state index contributed by atoms with van der Waals surface area (Å²) in [6.45, 7) is 3.21. The highest BCUT2D eigenvalue weighted by atomic mass is 16.2. The largest absolute Gasteiger partial charge is 0.351 e. The van der Waals surface area contributed by atoms with Crippen LogP contribution in [-0.4, -0.2) is 69.1 Å². The monoisotopic (exact) mass is 480 g/mol. The molecule has 8 heteroatoms. The number of nitrogens with one attached hydrogen (secondary N) is 1. The molecule has 1 saturated heterocycles. The lowest BCUT2D eigenvalue weighted by Gasteiger charge is -2.34. The highest BCUT2D eigenvalue weighted by molar-refractivity contribution is 6.00. The van der Waals surface area contributed by atoms with Gasteiger partial charge in [0.05, 0.1) is 17.8 Å². The fraction of sp³-hybridized carbons (Fsp3) is 0.214. The van der Waals surface area contributed by atoms with E-state index in [-0.39, 0.29) is 11.8 Å². The van der Waals surface area contributed by atoms with Crippen molar-refractivity contribution in [2.45, 2.75) is 6.54 Å². The van der Waals surface area contributed by atoms with E-state index in [0.29, 0.717) is 50.5 Å². The van der Waals surface area contributed by atoms with E-state index in [2.05, 4.69) is 15.2 Å². The van der Waals surface area contributed by atoms with Gasteiger partial charge in [0, 0.05) is 56.9 Å². The van der Waals surface area contributed by atoms with E-state index in [1.54, 1.807) is 23.3 Å². The number of carbonyl (C=O) groups is 2. The Morgan fingerprint density at radius 3 is 2.28 bits per heavy atom. The summed E-state index contributed by atoms with van der Waals surface area (Å²) < 4.78 is 1.74. The van der Waals surface area contributed by atoms with E-state index in [9.17, 15) is 9.59 Å². The predicted octanol–water partition coefficient (Wildman–Crippen LogP) is 3.01. The number of hydrogen-bond acceptors (Lipinski definition) is 5. The molecule has 0 unspecified atom stereocenters. The second-order valence-corrected chi connectivity index (χ2v) is 8.74. The van der Waals surface area contributed by atoms with Crippen LogP contribution in [-0.2, 0) is 11.3 Å². The van der Waals surface area contributed by atoms with Gasteiger partial charge in [0.15, 0.2) is 0 Å². The molecule has 1 aliphatic rings. The molecule has 2 amide bonds. The van der Waals surface area contributed by atoms with Crippen LogP contribution in [0.15, 0.2) is 91.4 Å². The number of nitrogens with zero attached hydrogens (tertiary/aromatic N) is 5. The third kappa shape index (κ3) is 5.50. The van der Waals surface area contributed by atoms with Crippen molar-refractivity contribution >= 4 is 11.8 Å². The first-order valence-corrected chi connectivity index (χ1v) is 12.0. The topological polar surface area (TPSA) is 83.4 Å². The quantitative estimate of drug-likeness (QED) is 0.440. The van der Waals surface area contributed by atoms with Gasteiger partial charge in [-0.05, 0) is 29.8 Å². The summed E-state index contributed by atoms with van der Waals surface area (Å²) in [5.74, 6) is -0.0779. The molecule has 0 aliphatic carbocycles. The molecule has 4 aromatic rings. The van der Waals surface area contributed by atoms with Crippen molar-refractivity contribution in [1.29, 1.82) is 0 Å². The van der Waals surface area contributed by atoms with E-state index >= 15 is 0 Å². The van der Waals surface area contributed by atoms with Crippen molar-refractivity contribution in [2.24, 2.45) is 0 Å². The molecule has 1 fully saturated rings. The Kier molecular flexibility index (Phi) is 7.14. The van der Waals surface area contributed by atoms with Crippen molar-refractivity contribution in [3.05, 3.63) is 103 Å². The molecule has 5 rings (SSSR count). The zero-order chi connectivity index (χ0) is 24.7. The van der Waals surface area contributed by atoms with Gasteiger partial charge in [0.2, 0.25) is 5.91 Å². The Labute approximate surface area is 210 Å². The maximum absolute atomic E-state index is 13.6. The Balaban J connectivity index is 1.24. The van der Waals surface area contributed by atoms with Crippen molar-refractivity contribution in [3.63, 3.8) is 0 Å². The summed E-state index contributed by atoms with van der Waals surface area (Å²) in [5.41, 5.74) is 3.90. The lowest BCUT2D eigenvalue weighted by Crippen LogP contribution is -2.51. The molecule has 182 valence electrons. The van der Waals surface area contributed by atoms with Gasteiger partial charge in [-0.15, -0.1) is 0 Å². The van der Waals surface area contributed by atoms with Crippen molar-refractivity contribution in [1.82, 2.24) is 29.9 Å². The lowest BCUT2D eigenvalue weighted by molar-refractivity contribution is -0.122. The van der Waals surface area contributed by atoms with Crippen LogP contribution in [0, 0.1) is 0 Å². The summed E-state index contributed by atoms with van der Waals surface area (Å²) in [7, 11) is 0. The number of benzene rings is 2. The number of rotatable bonds is 7. The fourth-order valence-electron chi connectivity index (χ4n) is 4.29. The number of aromatic nitrogens is 3. The number of amides is 2. The summed E-state index contributed by atoms with van der Waals surface area (Å²) in [5, 5.41) is 7.70. The van der Waals surface area contributed by atoms with E-state index in [0.717, 1.165) is 16.8 Å². The van der Waals surface area contributed by atoms with Gasteiger partial charge in [-0.25, -0.2) is 4.68 Å². The van der Waals surface area contributed by atoms with Gasteiger partial charge in [0.1, 0.15) is 5.69 Å². The molecular formula is C28H28N6O2. The summed E-state index contributed by atoms with van der Waals surface area (Å²) in [6, 6.07) is 23.3. The maximum atomic E-state index is 13.6. The van der Waals surface area contributed by atoms with E-state index in [4.69, 9.17) is 5.10 Å². The molecule has 8 nitrogen and oxygen atoms in total. The van der Waals surface area contributed by atoms with E-state index in [1.165, 1.54) is 0 Å². The van der Waals surface area contributed by atoms with Gasteiger partial charge in [-0.2, -0.15) is 5.10 Å². The molecule has 0 radical (unpaired) electrons. The van der Waals surface area contributed by atoms with Gasteiger partial charge >= 0.3 is 0 Å². The van der Waals surface area contributed by atoms with Crippen LogP contribution in [0.5, 0.6) is 0 Å². The molecule has 2 aromatic heterocycles. The van der Waals surface area contributed by atoms with Crippen LogP contribution in [0.1, 0.15) is 15.9 Å². The zero-order valence-corrected chi connectivity index (χ0v) is 20.0. The molecule has 1 N–H and O–H groups in total. The van der Waals surface area contributed by atoms with E-state index in [1.807, 2.05) is 77.7 Å². The Hall–Kier alpha value is -4.30. The van der Waals surface area contributed by atoms with Gasteiger partial charge < -0.3 is 10.2 Å². The molecule has 0 bridgehead atoms. The van der Waals surface area contributed by atoms with E-state index < -0.39 is 0 Å². The first-order valence-electron chi connectivity index (χ1n) is 12.0. The summed E-state index contributed by atoms with van der Waals surface area (Å²) in [4.78, 5) is 34.1. The molecule has 36 heavy (non-hydrogen) atoms. The Morgan fingerprint density at radius 2 is 1.58 bits per heavy atom. The van der Waals surface area contributed by atoms with Crippen LogP contribution in [0.3, 0.4) is 0 Å². The van der Waals surface area contributed by atoms with Gasteiger partial charge in [-0.3, -0.25) is 19.5 Å². The zero-order valence-electron chi connectivity index (χ0n) is 20.0.